The van der Waals surface area contributed by atoms with E-state index in [0.717, 1.165) is 44.8 Å². The van der Waals surface area contributed by atoms with Crippen molar-refractivity contribution in [1.82, 2.24) is 24.4 Å². The molecule has 1 aliphatic carbocycles. The molecule has 0 aromatic carbocycles. The third-order valence-corrected chi connectivity index (χ3v) is 5.18. The first kappa shape index (κ1) is 14.6. The number of anilines is 1. The Morgan fingerprint density at radius 2 is 2.09 bits per heavy atom. The summed E-state index contributed by atoms with van der Waals surface area (Å²) in [5.41, 5.74) is 2.65. The number of hydrogen-bond acceptors (Lipinski definition) is 5. The van der Waals surface area contributed by atoms with E-state index in [0.29, 0.717) is 6.04 Å². The molecule has 2 aromatic heterocycles. The van der Waals surface area contributed by atoms with E-state index in [-0.39, 0.29) is 0 Å². The second-order valence-corrected chi connectivity index (χ2v) is 6.70. The predicted molar refractivity (Wildman–Crippen MR) is 89.4 cm³/mol. The number of aromatic nitrogens is 4. The Morgan fingerprint density at radius 3 is 2.87 bits per heavy atom. The number of nitrogens with zero attached hydrogens (tertiary/aromatic N) is 6. The standard InChI is InChI=1S/C17H24N6/c1-13-10-23(17-14-4-3-5-15(14)19-12-20-17)9-8-22(13)11-16-18-6-7-21(16)2/h6-7,12-13H,3-5,8-11H2,1-2H3. The number of piperazine rings is 1. The Balaban J connectivity index is 1.47. The lowest BCUT2D eigenvalue weighted by Gasteiger charge is -2.40. The molecule has 2 aromatic rings. The van der Waals surface area contributed by atoms with Gasteiger partial charge in [-0.1, -0.05) is 0 Å². The van der Waals surface area contributed by atoms with Crippen LogP contribution in [0.2, 0.25) is 0 Å². The predicted octanol–water partition coefficient (Wildman–Crippen LogP) is 1.41. The highest BCUT2D eigenvalue weighted by molar-refractivity contribution is 5.51. The van der Waals surface area contributed by atoms with Crippen molar-refractivity contribution in [3.63, 3.8) is 0 Å². The van der Waals surface area contributed by atoms with Gasteiger partial charge in [0.05, 0.1) is 6.54 Å². The lowest BCUT2D eigenvalue weighted by atomic mass is 10.1. The van der Waals surface area contributed by atoms with Crippen LogP contribution >= 0.6 is 0 Å². The molecule has 6 nitrogen and oxygen atoms in total. The molecule has 23 heavy (non-hydrogen) atoms. The lowest BCUT2D eigenvalue weighted by Crippen LogP contribution is -2.52. The van der Waals surface area contributed by atoms with Gasteiger partial charge in [0, 0.05) is 56.4 Å². The molecular weight excluding hydrogens is 288 g/mol. The third kappa shape index (κ3) is 2.72. The highest BCUT2D eigenvalue weighted by Crippen LogP contribution is 2.29. The van der Waals surface area contributed by atoms with Gasteiger partial charge >= 0.3 is 0 Å². The molecule has 1 fully saturated rings. The van der Waals surface area contributed by atoms with Gasteiger partial charge in [-0.15, -0.1) is 0 Å². The molecule has 4 rings (SSSR count). The smallest absolute Gasteiger partial charge is 0.135 e. The summed E-state index contributed by atoms with van der Waals surface area (Å²) in [5, 5.41) is 0. The molecule has 0 amide bonds. The van der Waals surface area contributed by atoms with Crippen molar-refractivity contribution >= 4 is 5.82 Å². The van der Waals surface area contributed by atoms with Crippen LogP contribution in [0.5, 0.6) is 0 Å². The highest BCUT2D eigenvalue weighted by Gasteiger charge is 2.28. The largest absolute Gasteiger partial charge is 0.353 e. The van der Waals surface area contributed by atoms with E-state index in [1.54, 1.807) is 6.33 Å². The first-order valence-electron chi connectivity index (χ1n) is 8.50. The minimum atomic E-state index is 0.493. The van der Waals surface area contributed by atoms with Crippen LogP contribution in [0.4, 0.5) is 5.82 Å². The van der Waals surface area contributed by atoms with Crippen LogP contribution < -0.4 is 4.90 Å². The molecule has 0 saturated carbocycles. The molecule has 122 valence electrons. The van der Waals surface area contributed by atoms with E-state index in [1.807, 2.05) is 12.4 Å². The summed E-state index contributed by atoms with van der Waals surface area (Å²) in [6.07, 6.45) is 9.09. The summed E-state index contributed by atoms with van der Waals surface area (Å²) >= 11 is 0. The molecule has 2 aliphatic rings. The fourth-order valence-corrected chi connectivity index (χ4v) is 3.77. The average molecular weight is 312 g/mol. The van der Waals surface area contributed by atoms with Crippen molar-refractivity contribution in [2.24, 2.45) is 7.05 Å². The van der Waals surface area contributed by atoms with E-state index < -0.39 is 0 Å². The summed E-state index contributed by atoms with van der Waals surface area (Å²) in [6, 6.07) is 0.493. The quantitative estimate of drug-likeness (QED) is 0.858. The van der Waals surface area contributed by atoms with Crippen LogP contribution in [-0.2, 0) is 26.4 Å². The molecule has 1 unspecified atom stereocenters. The molecule has 0 radical (unpaired) electrons. The fourth-order valence-electron chi connectivity index (χ4n) is 3.77. The number of hydrogen-bond donors (Lipinski definition) is 0. The van der Waals surface area contributed by atoms with Gasteiger partial charge < -0.3 is 9.47 Å². The minimum Gasteiger partial charge on any atom is -0.353 e. The minimum absolute atomic E-state index is 0.493. The zero-order valence-corrected chi connectivity index (χ0v) is 13.9. The molecule has 0 spiro atoms. The van der Waals surface area contributed by atoms with Crippen molar-refractivity contribution in [2.75, 3.05) is 24.5 Å². The van der Waals surface area contributed by atoms with Crippen LogP contribution in [0.25, 0.3) is 0 Å². The Morgan fingerprint density at radius 1 is 1.17 bits per heavy atom. The fraction of sp³-hybridized carbons (Fsp3) is 0.588. The molecular formula is C17H24N6. The molecule has 1 saturated heterocycles. The maximum absolute atomic E-state index is 4.60. The van der Waals surface area contributed by atoms with Crippen molar-refractivity contribution < 1.29 is 0 Å². The number of rotatable bonds is 3. The van der Waals surface area contributed by atoms with Crippen molar-refractivity contribution in [3.8, 4) is 0 Å². The molecule has 1 atom stereocenters. The van der Waals surface area contributed by atoms with Crippen LogP contribution in [0.1, 0.15) is 30.4 Å². The topological polar surface area (TPSA) is 50.1 Å². The molecule has 0 bridgehead atoms. The number of aryl methyl sites for hydroxylation is 2. The van der Waals surface area contributed by atoms with Gasteiger partial charge in [0.2, 0.25) is 0 Å². The van der Waals surface area contributed by atoms with E-state index >= 15 is 0 Å². The molecule has 3 heterocycles. The molecule has 1 aliphatic heterocycles. The van der Waals surface area contributed by atoms with Crippen molar-refractivity contribution in [2.45, 2.75) is 38.8 Å². The van der Waals surface area contributed by atoms with Crippen LogP contribution in [0.15, 0.2) is 18.7 Å². The summed E-state index contributed by atoms with van der Waals surface area (Å²) in [4.78, 5) is 18.5. The summed E-state index contributed by atoms with van der Waals surface area (Å²) in [5.74, 6) is 2.31. The van der Waals surface area contributed by atoms with Crippen LogP contribution in [0, 0.1) is 0 Å². The monoisotopic (exact) mass is 312 g/mol. The zero-order valence-electron chi connectivity index (χ0n) is 13.9. The highest BCUT2D eigenvalue weighted by atomic mass is 15.3. The second kappa shape index (κ2) is 5.92. The number of imidazole rings is 1. The first-order valence-corrected chi connectivity index (χ1v) is 8.50. The van der Waals surface area contributed by atoms with Crippen molar-refractivity contribution in [1.29, 1.82) is 0 Å². The first-order chi connectivity index (χ1) is 11.2. The summed E-state index contributed by atoms with van der Waals surface area (Å²) in [6.45, 7) is 6.32. The van der Waals surface area contributed by atoms with Gasteiger partial charge in [-0.05, 0) is 26.2 Å². The van der Waals surface area contributed by atoms with Gasteiger partial charge in [-0.2, -0.15) is 0 Å². The Bertz CT molecular complexity index is 694. The van der Waals surface area contributed by atoms with Gasteiger partial charge in [-0.25, -0.2) is 15.0 Å². The van der Waals surface area contributed by atoms with E-state index in [4.69, 9.17) is 0 Å². The SMILES string of the molecule is CC1CN(c2ncnc3c2CCC3)CCN1Cc1nccn1C. The Hall–Kier alpha value is -1.95. The van der Waals surface area contributed by atoms with Gasteiger partial charge in [0.25, 0.3) is 0 Å². The number of fused-ring (bicyclic) bond motifs is 1. The van der Waals surface area contributed by atoms with E-state index in [1.165, 1.54) is 23.5 Å². The van der Waals surface area contributed by atoms with E-state index in [9.17, 15) is 0 Å². The Labute approximate surface area is 137 Å². The maximum Gasteiger partial charge on any atom is 0.135 e. The van der Waals surface area contributed by atoms with Crippen LogP contribution in [0.3, 0.4) is 0 Å². The average Bonchev–Trinajstić information content (AvgIpc) is 3.18. The van der Waals surface area contributed by atoms with Gasteiger partial charge in [-0.3, -0.25) is 4.90 Å². The van der Waals surface area contributed by atoms with Crippen LogP contribution in [-0.4, -0.2) is 50.1 Å². The van der Waals surface area contributed by atoms with Gasteiger partial charge in [0.15, 0.2) is 0 Å². The lowest BCUT2D eigenvalue weighted by molar-refractivity contribution is 0.174. The molecule has 6 heteroatoms. The molecule has 0 N–H and O–H groups in total. The normalized spacial score (nSPS) is 21.7. The maximum atomic E-state index is 4.60. The zero-order chi connectivity index (χ0) is 15.8. The summed E-state index contributed by atoms with van der Waals surface area (Å²) < 4.78 is 2.11. The van der Waals surface area contributed by atoms with Gasteiger partial charge in [0.1, 0.15) is 18.0 Å². The summed E-state index contributed by atoms with van der Waals surface area (Å²) in [7, 11) is 2.06. The Kier molecular flexibility index (Phi) is 3.77. The third-order valence-electron chi connectivity index (χ3n) is 5.18. The van der Waals surface area contributed by atoms with Crippen molar-refractivity contribution in [3.05, 3.63) is 35.8 Å². The van der Waals surface area contributed by atoms with E-state index in [2.05, 4.69) is 43.3 Å². The second-order valence-electron chi connectivity index (χ2n) is 6.70.